The van der Waals surface area contributed by atoms with Gasteiger partial charge in [-0.15, -0.1) is 0 Å². The Labute approximate surface area is 133 Å². The van der Waals surface area contributed by atoms with Gasteiger partial charge in [-0.2, -0.15) is 5.10 Å². The second-order valence-electron chi connectivity index (χ2n) is 5.22. The lowest BCUT2D eigenvalue weighted by Gasteiger charge is -2.15. The molecule has 7 heteroatoms. The van der Waals surface area contributed by atoms with E-state index in [1.54, 1.807) is 13.3 Å². The Morgan fingerprint density at radius 1 is 1.38 bits per heavy atom. The van der Waals surface area contributed by atoms with E-state index < -0.39 is 0 Å². The molecule has 0 radical (unpaired) electrons. The number of nitrogens with one attached hydrogen (secondary N) is 1. The van der Waals surface area contributed by atoms with Gasteiger partial charge in [0.15, 0.2) is 0 Å². The summed E-state index contributed by atoms with van der Waals surface area (Å²) in [5.41, 5.74) is 0.631. The first-order chi connectivity index (χ1) is 10.2. The third kappa shape index (κ3) is 4.79. The van der Waals surface area contributed by atoms with E-state index in [4.69, 9.17) is 4.74 Å². The van der Waals surface area contributed by atoms with Crippen LogP contribution in [0.2, 0.25) is 0 Å². The molecule has 0 spiro atoms. The Kier molecular flexibility index (Phi) is 6.66. The van der Waals surface area contributed by atoms with Gasteiger partial charge in [0.1, 0.15) is 4.47 Å². The SMILES string of the molecule is COCCn1ncc(NCCCN2CCCC2)c(Br)c1=O. The topological polar surface area (TPSA) is 59.4 Å². The molecule has 0 aliphatic carbocycles. The van der Waals surface area contributed by atoms with E-state index in [-0.39, 0.29) is 5.56 Å². The van der Waals surface area contributed by atoms with Gasteiger partial charge in [0.2, 0.25) is 0 Å². The minimum absolute atomic E-state index is 0.128. The molecule has 2 rings (SSSR count). The van der Waals surface area contributed by atoms with Crippen molar-refractivity contribution in [3.63, 3.8) is 0 Å². The van der Waals surface area contributed by atoms with Gasteiger partial charge in [-0.25, -0.2) is 4.68 Å². The molecular weight excluding hydrogens is 336 g/mol. The summed E-state index contributed by atoms with van der Waals surface area (Å²) in [6, 6.07) is 0. The molecule has 0 bridgehead atoms. The lowest BCUT2D eigenvalue weighted by Crippen LogP contribution is -2.27. The average Bonchev–Trinajstić information content (AvgIpc) is 3.00. The van der Waals surface area contributed by atoms with Crippen molar-refractivity contribution in [3.05, 3.63) is 21.0 Å². The first-order valence-corrected chi connectivity index (χ1v) is 8.22. The number of ether oxygens (including phenoxy) is 1. The Bertz CT molecular complexity index is 500. The van der Waals surface area contributed by atoms with E-state index >= 15 is 0 Å². The van der Waals surface area contributed by atoms with Crippen molar-refractivity contribution in [2.45, 2.75) is 25.8 Å². The maximum absolute atomic E-state index is 12.1. The molecule has 2 heterocycles. The van der Waals surface area contributed by atoms with Gasteiger partial charge in [-0.1, -0.05) is 0 Å². The van der Waals surface area contributed by atoms with Crippen LogP contribution in [-0.2, 0) is 11.3 Å². The molecule has 21 heavy (non-hydrogen) atoms. The second-order valence-corrected chi connectivity index (χ2v) is 6.02. The molecule has 1 aliphatic heterocycles. The molecule has 1 fully saturated rings. The summed E-state index contributed by atoms with van der Waals surface area (Å²) in [4.78, 5) is 14.6. The third-order valence-corrected chi connectivity index (χ3v) is 4.42. The number of rotatable bonds is 8. The largest absolute Gasteiger partial charge is 0.383 e. The number of anilines is 1. The summed E-state index contributed by atoms with van der Waals surface area (Å²) in [7, 11) is 1.61. The van der Waals surface area contributed by atoms with Crippen LogP contribution in [0.4, 0.5) is 5.69 Å². The molecule has 1 aromatic heterocycles. The van der Waals surface area contributed by atoms with E-state index in [1.807, 2.05) is 0 Å². The van der Waals surface area contributed by atoms with Gasteiger partial charge in [-0.3, -0.25) is 4.79 Å². The highest BCUT2D eigenvalue weighted by Crippen LogP contribution is 2.16. The Balaban J connectivity index is 1.82. The number of halogens is 1. The molecular formula is C14H23BrN4O2. The van der Waals surface area contributed by atoms with Gasteiger partial charge in [-0.05, 0) is 54.8 Å². The number of likely N-dealkylation sites (tertiary alicyclic amines) is 1. The number of hydrogen-bond donors (Lipinski definition) is 1. The van der Waals surface area contributed by atoms with Crippen LogP contribution < -0.4 is 10.9 Å². The van der Waals surface area contributed by atoms with Gasteiger partial charge in [0, 0.05) is 13.7 Å². The van der Waals surface area contributed by atoms with Gasteiger partial charge < -0.3 is 15.0 Å². The summed E-state index contributed by atoms with van der Waals surface area (Å²) in [6.45, 7) is 5.34. The van der Waals surface area contributed by atoms with E-state index in [2.05, 4.69) is 31.2 Å². The third-order valence-electron chi connectivity index (χ3n) is 3.66. The normalized spacial score (nSPS) is 15.5. The molecule has 6 nitrogen and oxygen atoms in total. The van der Waals surface area contributed by atoms with Crippen molar-refractivity contribution in [2.24, 2.45) is 0 Å². The highest BCUT2D eigenvalue weighted by Gasteiger charge is 2.11. The molecule has 0 aromatic carbocycles. The van der Waals surface area contributed by atoms with Crippen LogP contribution in [0.1, 0.15) is 19.3 Å². The molecule has 0 amide bonds. The maximum Gasteiger partial charge on any atom is 0.283 e. The van der Waals surface area contributed by atoms with Crippen molar-refractivity contribution in [2.75, 3.05) is 45.2 Å². The van der Waals surface area contributed by atoms with Crippen LogP contribution in [-0.4, -0.2) is 54.6 Å². The number of methoxy groups -OCH3 is 1. The standard InChI is InChI=1S/C14H23BrN4O2/c1-21-10-9-19-14(20)13(15)12(11-17-19)16-5-4-8-18-6-2-3-7-18/h11,16H,2-10H2,1H3. The van der Waals surface area contributed by atoms with Crippen LogP contribution in [0.25, 0.3) is 0 Å². The van der Waals surface area contributed by atoms with Crippen molar-refractivity contribution in [3.8, 4) is 0 Å². The molecule has 0 unspecified atom stereocenters. The minimum atomic E-state index is -0.128. The van der Waals surface area contributed by atoms with Crippen molar-refractivity contribution in [1.29, 1.82) is 0 Å². The summed E-state index contributed by atoms with van der Waals surface area (Å²) < 4.78 is 6.91. The monoisotopic (exact) mass is 358 g/mol. The zero-order valence-electron chi connectivity index (χ0n) is 12.5. The number of hydrogen-bond acceptors (Lipinski definition) is 5. The second kappa shape index (κ2) is 8.51. The number of aromatic nitrogens is 2. The zero-order valence-corrected chi connectivity index (χ0v) is 14.1. The zero-order chi connectivity index (χ0) is 15.1. The van der Waals surface area contributed by atoms with Crippen molar-refractivity contribution >= 4 is 21.6 Å². The first-order valence-electron chi connectivity index (χ1n) is 7.43. The molecule has 118 valence electrons. The highest BCUT2D eigenvalue weighted by atomic mass is 79.9. The van der Waals surface area contributed by atoms with Gasteiger partial charge >= 0.3 is 0 Å². The molecule has 1 saturated heterocycles. The fourth-order valence-electron chi connectivity index (χ4n) is 2.46. The molecule has 0 atom stereocenters. The van der Waals surface area contributed by atoms with Crippen LogP contribution in [0.3, 0.4) is 0 Å². The van der Waals surface area contributed by atoms with E-state index in [1.165, 1.54) is 30.6 Å². The van der Waals surface area contributed by atoms with Gasteiger partial charge in [0.05, 0.1) is 25.0 Å². The fourth-order valence-corrected chi connectivity index (χ4v) is 2.90. The Morgan fingerprint density at radius 2 is 2.14 bits per heavy atom. The van der Waals surface area contributed by atoms with Crippen molar-refractivity contribution in [1.82, 2.24) is 14.7 Å². The lowest BCUT2D eigenvalue weighted by atomic mass is 10.3. The van der Waals surface area contributed by atoms with Crippen LogP contribution in [0.5, 0.6) is 0 Å². The summed E-state index contributed by atoms with van der Waals surface area (Å²) in [5.74, 6) is 0. The molecule has 1 aromatic rings. The van der Waals surface area contributed by atoms with E-state index in [0.29, 0.717) is 17.6 Å². The summed E-state index contributed by atoms with van der Waals surface area (Å²) >= 11 is 3.35. The Hall–Kier alpha value is -0.920. The Morgan fingerprint density at radius 3 is 2.86 bits per heavy atom. The predicted octanol–water partition coefficient (Wildman–Crippen LogP) is 1.55. The lowest BCUT2D eigenvalue weighted by molar-refractivity contribution is 0.181. The van der Waals surface area contributed by atoms with E-state index in [9.17, 15) is 4.79 Å². The average molecular weight is 359 g/mol. The number of nitrogens with zero attached hydrogens (tertiary/aromatic N) is 3. The van der Waals surface area contributed by atoms with Crippen LogP contribution >= 0.6 is 15.9 Å². The van der Waals surface area contributed by atoms with E-state index in [0.717, 1.165) is 25.2 Å². The fraction of sp³-hybridized carbons (Fsp3) is 0.714. The minimum Gasteiger partial charge on any atom is -0.383 e. The van der Waals surface area contributed by atoms with Crippen LogP contribution in [0, 0.1) is 0 Å². The first kappa shape index (κ1) is 16.5. The predicted molar refractivity (Wildman–Crippen MR) is 86.9 cm³/mol. The van der Waals surface area contributed by atoms with Crippen LogP contribution in [0.15, 0.2) is 15.5 Å². The summed E-state index contributed by atoms with van der Waals surface area (Å²) in [6.07, 6.45) is 5.40. The highest BCUT2D eigenvalue weighted by molar-refractivity contribution is 9.10. The smallest absolute Gasteiger partial charge is 0.283 e. The maximum atomic E-state index is 12.1. The molecule has 1 aliphatic rings. The quantitative estimate of drug-likeness (QED) is 0.714. The molecule has 1 N–H and O–H groups in total. The van der Waals surface area contributed by atoms with Crippen molar-refractivity contribution < 1.29 is 4.74 Å². The summed E-state index contributed by atoms with van der Waals surface area (Å²) in [5, 5.41) is 7.43. The van der Waals surface area contributed by atoms with Gasteiger partial charge in [0.25, 0.3) is 5.56 Å². The molecule has 0 saturated carbocycles.